The lowest BCUT2D eigenvalue weighted by Crippen LogP contribution is -2.17. The molecule has 0 aromatic heterocycles. The van der Waals surface area contributed by atoms with Gasteiger partial charge in [0, 0.05) is 18.0 Å². The van der Waals surface area contributed by atoms with Gasteiger partial charge in [0.05, 0.1) is 21.3 Å². The van der Waals surface area contributed by atoms with Crippen LogP contribution in [-0.2, 0) is 0 Å². The third kappa shape index (κ3) is 3.33. The van der Waals surface area contributed by atoms with Crippen LogP contribution in [0.1, 0.15) is 24.9 Å². The average molecular weight is 263 g/mol. The lowest BCUT2D eigenvalue weighted by atomic mass is 10.0. The van der Waals surface area contributed by atoms with Crippen LogP contribution in [0.3, 0.4) is 0 Å². The van der Waals surface area contributed by atoms with Crippen molar-refractivity contribution in [1.29, 1.82) is 0 Å². The molecule has 0 fully saturated rings. The fourth-order valence-corrected chi connectivity index (χ4v) is 1.97. The van der Waals surface area contributed by atoms with Crippen molar-refractivity contribution in [3.63, 3.8) is 0 Å². The van der Waals surface area contributed by atoms with E-state index in [0.29, 0.717) is 23.7 Å². The Hall–Kier alpha value is -1.86. The van der Waals surface area contributed by atoms with Crippen LogP contribution in [0.5, 0.6) is 17.2 Å². The summed E-state index contributed by atoms with van der Waals surface area (Å²) in [6, 6.07) is 3.93. The molecule has 0 saturated carbocycles. The number of rotatable bonds is 6. The molecule has 1 unspecified atom stereocenters. The molecule has 0 aliphatic heterocycles. The molecule has 0 amide bonds. The Morgan fingerprint density at radius 2 is 1.79 bits per heavy atom. The number of methoxy groups -OCH3 is 3. The van der Waals surface area contributed by atoms with Crippen molar-refractivity contribution in [2.75, 3.05) is 28.4 Å². The Morgan fingerprint density at radius 1 is 1.11 bits per heavy atom. The van der Waals surface area contributed by atoms with Crippen molar-refractivity contribution in [3.8, 4) is 29.1 Å². The molecular formula is C15H21NO3. The minimum atomic E-state index is 0.0854. The molecule has 1 atom stereocenters. The predicted octanol–water partition coefficient (Wildman–Crippen LogP) is 2.39. The zero-order valence-corrected chi connectivity index (χ0v) is 12.2. The third-order valence-corrected chi connectivity index (χ3v) is 2.94. The number of nitrogens with one attached hydrogen (secondary N) is 1. The zero-order valence-electron chi connectivity index (χ0n) is 12.2. The topological polar surface area (TPSA) is 39.7 Å². The number of ether oxygens (including phenoxy) is 3. The van der Waals surface area contributed by atoms with Crippen LogP contribution in [0, 0.1) is 11.8 Å². The maximum Gasteiger partial charge on any atom is 0.203 e. The van der Waals surface area contributed by atoms with Crippen LogP contribution in [0.2, 0.25) is 0 Å². The monoisotopic (exact) mass is 263 g/mol. The second-order valence-electron chi connectivity index (χ2n) is 3.90. The molecule has 0 bridgehead atoms. The summed E-state index contributed by atoms with van der Waals surface area (Å²) < 4.78 is 16.1. The highest BCUT2D eigenvalue weighted by molar-refractivity contribution is 5.56. The van der Waals surface area contributed by atoms with E-state index >= 15 is 0 Å². The van der Waals surface area contributed by atoms with Gasteiger partial charge in [0.2, 0.25) is 5.75 Å². The fourth-order valence-electron chi connectivity index (χ4n) is 1.97. The highest BCUT2D eigenvalue weighted by Crippen LogP contribution is 2.42. The molecule has 1 rings (SSSR count). The van der Waals surface area contributed by atoms with E-state index in [1.807, 2.05) is 26.1 Å². The first kappa shape index (κ1) is 15.2. The van der Waals surface area contributed by atoms with Crippen LogP contribution in [0.15, 0.2) is 12.1 Å². The van der Waals surface area contributed by atoms with Crippen molar-refractivity contribution < 1.29 is 14.2 Å². The Morgan fingerprint density at radius 3 is 2.26 bits per heavy atom. The predicted molar refractivity (Wildman–Crippen MR) is 76.0 cm³/mol. The molecule has 4 nitrogen and oxygen atoms in total. The maximum absolute atomic E-state index is 5.48. The maximum atomic E-state index is 5.48. The number of benzene rings is 1. The molecule has 0 aliphatic carbocycles. The normalized spacial score (nSPS) is 11.2. The lowest BCUT2D eigenvalue weighted by Gasteiger charge is -2.20. The summed E-state index contributed by atoms with van der Waals surface area (Å²) in [5.74, 6) is 7.92. The van der Waals surface area contributed by atoms with Crippen LogP contribution in [-0.4, -0.2) is 28.4 Å². The molecule has 0 saturated heterocycles. The Kier molecular flexibility index (Phi) is 6.04. The molecule has 4 heteroatoms. The summed E-state index contributed by atoms with van der Waals surface area (Å²) in [5, 5.41) is 3.24. The fraction of sp³-hybridized carbons (Fsp3) is 0.467. The van der Waals surface area contributed by atoms with Gasteiger partial charge in [-0.2, -0.15) is 0 Å². The van der Waals surface area contributed by atoms with E-state index in [1.165, 1.54) is 0 Å². The quantitative estimate of drug-likeness (QED) is 0.800. The molecule has 19 heavy (non-hydrogen) atoms. The van der Waals surface area contributed by atoms with Crippen molar-refractivity contribution in [2.24, 2.45) is 0 Å². The van der Waals surface area contributed by atoms with Gasteiger partial charge >= 0.3 is 0 Å². The largest absolute Gasteiger partial charge is 0.493 e. The van der Waals surface area contributed by atoms with Gasteiger partial charge in [-0.15, -0.1) is 11.8 Å². The van der Waals surface area contributed by atoms with E-state index in [1.54, 1.807) is 21.3 Å². The van der Waals surface area contributed by atoms with Gasteiger partial charge < -0.3 is 19.5 Å². The van der Waals surface area contributed by atoms with Crippen LogP contribution >= 0.6 is 0 Å². The summed E-state index contributed by atoms with van der Waals surface area (Å²) in [7, 11) is 6.73. The van der Waals surface area contributed by atoms with E-state index in [0.717, 1.165) is 5.56 Å². The van der Waals surface area contributed by atoms with Crippen LogP contribution in [0.4, 0.5) is 0 Å². The minimum absolute atomic E-state index is 0.0854. The highest BCUT2D eigenvalue weighted by Gasteiger charge is 2.20. The number of hydrogen-bond acceptors (Lipinski definition) is 4. The first-order valence-electron chi connectivity index (χ1n) is 6.09. The summed E-state index contributed by atoms with van der Waals surface area (Å²) >= 11 is 0. The average Bonchev–Trinajstić information content (AvgIpc) is 2.46. The van der Waals surface area contributed by atoms with Crippen LogP contribution < -0.4 is 19.5 Å². The Bertz CT molecular complexity index is 474. The third-order valence-electron chi connectivity index (χ3n) is 2.94. The van der Waals surface area contributed by atoms with Crippen LogP contribution in [0.25, 0.3) is 0 Å². The summed E-state index contributed by atoms with van der Waals surface area (Å²) in [5.41, 5.74) is 1.01. The van der Waals surface area contributed by atoms with Gasteiger partial charge in [-0.1, -0.05) is 0 Å². The zero-order chi connectivity index (χ0) is 14.3. The first-order chi connectivity index (χ1) is 9.23. The molecule has 104 valence electrons. The molecule has 1 aromatic carbocycles. The van der Waals surface area contributed by atoms with Crippen molar-refractivity contribution in [3.05, 3.63) is 17.7 Å². The van der Waals surface area contributed by atoms with E-state index in [4.69, 9.17) is 14.2 Å². The van der Waals surface area contributed by atoms with E-state index in [-0.39, 0.29) is 6.04 Å². The van der Waals surface area contributed by atoms with Crippen molar-refractivity contribution in [2.45, 2.75) is 19.4 Å². The minimum Gasteiger partial charge on any atom is -0.493 e. The van der Waals surface area contributed by atoms with Gasteiger partial charge in [0.1, 0.15) is 0 Å². The van der Waals surface area contributed by atoms with E-state index in [2.05, 4.69) is 17.2 Å². The van der Waals surface area contributed by atoms with Gasteiger partial charge in [0.25, 0.3) is 0 Å². The summed E-state index contributed by atoms with van der Waals surface area (Å²) in [6.45, 7) is 1.83. The standard InChI is InChI=1S/C15H21NO3/c1-6-7-8-12(16-2)11-9-10-13(17-3)15(19-5)14(11)18-4/h9-10,12,16H,8H2,1-5H3. The molecule has 1 aromatic rings. The van der Waals surface area contributed by atoms with E-state index in [9.17, 15) is 0 Å². The second kappa shape index (κ2) is 7.55. The summed E-state index contributed by atoms with van der Waals surface area (Å²) in [6.07, 6.45) is 0.707. The Balaban J connectivity index is 3.28. The Labute approximate surface area is 115 Å². The molecule has 0 spiro atoms. The van der Waals surface area contributed by atoms with Gasteiger partial charge in [0.15, 0.2) is 11.5 Å². The molecular weight excluding hydrogens is 242 g/mol. The summed E-state index contributed by atoms with van der Waals surface area (Å²) in [4.78, 5) is 0. The molecule has 0 radical (unpaired) electrons. The molecule has 0 aliphatic rings. The van der Waals surface area contributed by atoms with Gasteiger partial charge in [-0.25, -0.2) is 0 Å². The van der Waals surface area contributed by atoms with Gasteiger partial charge in [-0.3, -0.25) is 0 Å². The lowest BCUT2D eigenvalue weighted by molar-refractivity contribution is 0.319. The smallest absolute Gasteiger partial charge is 0.203 e. The van der Waals surface area contributed by atoms with Crippen molar-refractivity contribution >= 4 is 0 Å². The molecule has 0 heterocycles. The second-order valence-corrected chi connectivity index (χ2v) is 3.90. The SMILES string of the molecule is CC#CCC(NC)c1ccc(OC)c(OC)c1OC. The number of hydrogen-bond donors (Lipinski definition) is 1. The van der Waals surface area contributed by atoms with Gasteiger partial charge in [-0.05, 0) is 26.1 Å². The van der Waals surface area contributed by atoms with E-state index < -0.39 is 0 Å². The highest BCUT2D eigenvalue weighted by atomic mass is 16.5. The van der Waals surface area contributed by atoms with Crippen molar-refractivity contribution in [1.82, 2.24) is 5.32 Å². The first-order valence-corrected chi connectivity index (χ1v) is 6.09. The molecule has 1 N–H and O–H groups in total.